The summed E-state index contributed by atoms with van der Waals surface area (Å²) < 4.78 is 33.7. The van der Waals surface area contributed by atoms with Gasteiger partial charge in [0.2, 0.25) is 10.0 Å². The van der Waals surface area contributed by atoms with E-state index in [0.29, 0.717) is 6.61 Å². The number of nitriles is 1. The van der Waals surface area contributed by atoms with Crippen LogP contribution in [0.2, 0.25) is 0 Å². The van der Waals surface area contributed by atoms with E-state index >= 15 is 0 Å². The molecular weight excluding hydrogens is 358 g/mol. The standard InChI is InChI=1S/C16H17N5O4S/c17-8-12-9-19-21(15(12)18)16(22)11-3-1-5-14(7-11)26(23,24)20-10-13-4-2-6-25-13/h1,3,5,7,9,13,20H,2,4,6,10,18H2. The largest absolute Gasteiger partial charge is 0.382 e. The highest BCUT2D eigenvalue weighted by molar-refractivity contribution is 7.89. The van der Waals surface area contributed by atoms with E-state index < -0.39 is 15.9 Å². The van der Waals surface area contributed by atoms with E-state index in [9.17, 15) is 13.2 Å². The molecule has 9 nitrogen and oxygen atoms in total. The summed E-state index contributed by atoms with van der Waals surface area (Å²) >= 11 is 0. The van der Waals surface area contributed by atoms with Gasteiger partial charge in [-0.15, -0.1) is 0 Å². The van der Waals surface area contributed by atoms with Crippen LogP contribution in [-0.2, 0) is 14.8 Å². The zero-order chi connectivity index (χ0) is 18.7. The number of aromatic nitrogens is 2. The summed E-state index contributed by atoms with van der Waals surface area (Å²) in [5.41, 5.74) is 5.86. The van der Waals surface area contributed by atoms with Crippen LogP contribution < -0.4 is 10.5 Å². The number of hydrogen-bond donors (Lipinski definition) is 2. The van der Waals surface area contributed by atoms with Crippen LogP contribution >= 0.6 is 0 Å². The van der Waals surface area contributed by atoms with Gasteiger partial charge in [-0.1, -0.05) is 6.07 Å². The Morgan fingerprint density at radius 3 is 2.96 bits per heavy atom. The third-order valence-electron chi connectivity index (χ3n) is 4.04. The molecule has 3 N–H and O–H groups in total. The Balaban J connectivity index is 1.81. The number of sulfonamides is 1. The maximum absolute atomic E-state index is 12.5. The SMILES string of the molecule is N#Cc1cnn(C(=O)c2cccc(S(=O)(=O)NCC3CCCO3)c2)c1N. The van der Waals surface area contributed by atoms with Crippen molar-refractivity contribution in [2.45, 2.75) is 23.8 Å². The molecule has 1 aliphatic heterocycles. The Morgan fingerprint density at radius 1 is 1.50 bits per heavy atom. The lowest BCUT2D eigenvalue weighted by molar-refractivity contribution is 0.0947. The topological polar surface area (TPSA) is 140 Å². The first-order chi connectivity index (χ1) is 12.4. The molecular formula is C16H17N5O4S. The van der Waals surface area contributed by atoms with Crippen LogP contribution in [0.5, 0.6) is 0 Å². The summed E-state index contributed by atoms with van der Waals surface area (Å²) in [6.45, 7) is 0.810. The average Bonchev–Trinajstić information content (AvgIpc) is 3.29. The van der Waals surface area contributed by atoms with Gasteiger partial charge in [-0.3, -0.25) is 4.79 Å². The number of carbonyl (C=O) groups excluding carboxylic acids is 1. The minimum Gasteiger partial charge on any atom is -0.382 e. The van der Waals surface area contributed by atoms with Crippen molar-refractivity contribution in [2.75, 3.05) is 18.9 Å². The first-order valence-corrected chi connectivity index (χ1v) is 9.40. The van der Waals surface area contributed by atoms with Gasteiger partial charge in [0.15, 0.2) is 0 Å². The molecule has 26 heavy (non-hydrogen) atoms. The Hall–Kier alpha value is -2.74. The molecule has 1 saturated heterocycles. The van der Waals surface area contributed by atoms with Crippen molar-refractivity contribution in [1.82, 2.24) is 14.5 Å². The van der Waals surface area contributed by atoms with E-state index in [1.54, 1.807) is 0 Å². The van der Waals surface area contributed by atoms with Gasteiger partial charge in [0.25, 0.3) is 5.91 Å². The quantitative estimate of drug-likeness (QED) is 0.774. The summed E-state index contributed by atoms with van der Waals surface area (Å²) in [5.74, 6) is -0.720. The second-order valence-corrected chi connectivity index (χ2v) is 7.55. The normalized spacial score (nSPS) is 17.1. The number of nitrogens with one attached hydrogen (secondary N) is 1. The van der Waals surface area contributed by atoms with Crippen molar-refractivity contribution in [2.24, 2.45) is 0 Å². The third kappa shape index (κ3) is 3.60. The van der Waals surface area contributed by atoms with Gasteiger partial charge < -0.3 is 10.5 Å². The number of nitrogens with zero attached hydrogens (tertiary/aromatic N) is 3. The van der Waals surface area contributed by atoms with Crippen LogP contribution in [0.3, 0.4) is 0 Å². The highest BCUT2D eigenvalue weighted by atomic mass is 32.2. The molecule has 1 aromatic heterocycles. The monoisotopic (exact) mass is 375 g/mol. The Morgan fingerprint density at radius 2 is 2.31 bits per heavy atom. The van der Waals surface area contributed by atoms with Crippen molar-refractivity contribution in [3.63, 3.8) is 0 Å². The fraction of sp³-hybridized carbons (Fsp3) is 0.312. The maximum atomic E-state index is 12.5. The Labute approximate surface area is 150 Å². The number of anilines is 1. The van der Waals surface area contributed by atoms with Crippen molar-refractivity contribution in [3.05, 3.63) is 41.6 Å². The van der Waals surface area contributed by atoms with E-state index in [2.05, 4.69) is 9.82 Å². The third-order valence-corrected chi connectivity index (χ3v) is 5.46. The molecule has 1 atom stereocenters. The van der Waals surface area contributed by atoms with Crippen molar-refractivity contribution in [3.8, 4) is 6.07 Å². The lowest BCUT2D eigenvalue weighted by Gasteiger charge is -2.12. The van der Waals surface area contributed by atoms with E-state index in [1.165, 1.54) is 30.5 Å². The first-order valence-electron chi connectivity index (χ1n) is 7.92. The number of nitrogens with two attached hydrogens (primary N) is 1. The smallest absolute Gasteiger partial charge is 0.280 e. The van der Waals surface area contributed by atoms with Gasteiger partial charge in [-0.25, -0.2) is 13.1 Å². The second-order valence-electron chi connectivity index (χ2n) is 5.79. The molecule has 0 spiro atoms. The number of nitrogen functional groups attached to an aromatic ring is 1. The second kappa shape index (κ2) is 7.25. The van der Waals surface area contributed by atoms with Crippen LogP contribution in [0.25, 0.3) is 0 Å². The van der Waals surface area contributed by atoms with E-state index in [-0.39, 0.29) is 34.5 Å². The fourth-order valence-electron chi connectivity index (χ4n) is 2.62. The molecule has 1 unspecified atom stereocenters. The van der Waals surface area contributed by atoms with Crippen LogP contribution in [-0.4, -0.2) is 43.4 Å². The summed E-state index contributed by atoms with van der Waals surface area (Å²) in [4.78, 5) is 12.5. The summed E-state index contributed by atoms with van der Waals surface area (Å²) in [7, 11) is -3.79. The minimum atomic E-state index is -3.79. The predicted octanol–water partition coefficient (Wildman–Crippen LogP) is 0.483. The molecule has 136 valence electrons. The van der Waals surface area contributed by atoms with Crippen molar-refractivity contribution in [1.29, 1.82) is 5.26 Å². The van der Waals surface area contributed by atoms with Gasteiger partial charge in [0.1, 0.15) is 17.5 Å². The zero-order valence-corrected chi connectivity index (χ0v) is 14.6. The summed E-state index contributed by atoms with van der Waals surface area (Å²) in [5, 5.41) is 12.7. The van der Waals surface area contributed by atoms with Gasteiger partial charge in [-0.05, 0) is 31.0 Å². The Kier molecular flexibility index (Phi) is 5.03. The van der Waals surface area contributed by atoms with E-state index in [0.717, 1.165) is 17.5 Å². The number of ether oxygens (including phenoxy) is 1. The van der Waals surface area contributed by atoms with E-state index in [4.69, 9.17) is 15.7 Å². The van der Waals surface area contributed by atoms with Crippen LogP contribution in [0.1, 0.15) is 28.8 Å². The lowest BCUT2D eigenvalue weighted by atomic mass is 10.2. The van der Waals surface area contributed by atoms with Crippen LogP contribution in [0.15, 0.2) is 35.4 Å². The molecule has 0 amide bonds. The first kappa shape index (κ1) is 18.1. The fourth-order valence-corrected chi connectivity index (χ4v) is 3.73. The highest BCUT2D eigenvalue weighted by Gasteiger charge is 2.22. The average molecular weight is 375 g/mol. The highest BCUT2D eigenvalue weighted by Crippen LogP contribution is 2.17. The van der Waals surface area contributed by atoms with Crippen LogP contribution in [0, 0.1) is 11.3 Å². The Bertz CT molecular complexity index is 971. The van der Waals surface area contributed by atoms with Crippen LogP contribution in [0.4, 0.5) is 5.82 Å². The molecule has 2 aromatic rings. The molecule has 1 fully saturated rings. The van der Waals surface area contributed by atoms with Crippen molar-refractivity contribution >= 4 is 21.7 Å². The molecule has 10 heteroatoms. The number of hydrogen-bond acceptors (Lipinski definition) is 7. The minimum absolute atomic E-state index is 0.0485. The van der Waals surface area contributed by atoms with E-state index in [1.807, 2.05) is 6.07 Å². The van der Waals surface area contributed by atoms with Gasteiger partial charge in [0.05, 0.1) is 17.2 Å². The summed E-state index contributed by atoms with van der Waals surface area (Å²) in [6, 6.07) is 7.37. The molecule has 0 aliphatic carbocycles. The molecule has 0 saturated carbocycles. The molecule has 1 aliphatic rings. The number of benzene rings is 1. The molecule has 1 aromatic carbocycles. The molecule has 0 bridgehead atoms. The number of carbonyl (C=O) groups is 1. The lowest BCUT2D eigenvalue weighted by Crippen LogP contribution is -2.32. The summed E-state index contributed by atoms with van der Waals surface area (Å²) in [6.07, 6.45) is 2.76. The molecule has 2 heterocycles. The van der Waals surface area contributed by atoms with Crippen molar-refractivity contribution < 1.29 is 17.9 Å². The van der Waals surface area contributed by atoms with Gasteiger partial charge in [0, 0.05) is 18.7 Å². The molecule has 0 radical (unpaired) electrons. The van der Waals surface area contributed by atoms with Gasteiger partial charge in [-0.2, -0.15) is 15.0 Å². The molecule has 3 rings (SSSR count). The number of rotatable bonds is 5. The maximum Gasteiger partial charge on any atom is 0.280 e. The zero-order valence-electron chi connectivity index (χ0n) is 13.8. The predicted molar refractivity (Wildman–Crippen MR) is 91.7 cm³/mol. The van der Waals surface area contributed by atoms with Gasteiger partial charge >= 0.3 is 0 Å².